The number of hydrogen-bond donors (Lipinski definition) is 0. The van der Waals surface area contributed by atoms with E-state index in [1.165, 1.54) is 5.39 Å². The highest BCUT2D eigenvalue weighted by molar-refractivity contribution is 9.10. The summed E-state index contributed by atoms with van der Waals surface area (Å²) in [5, 5.41) is 1.20. The fourth-order valence-corrected chi connectivity index (χ4v) is 2.48. The summed E-state index contributed by atoms with van der Waals surface area (Å²) in [4.78, 5) is 4.35. The molecule has 0 radical (unpaired) electrons. The molecule has 0 amide bonds. The van der Waals surface area contributed by atoms with Crippen LogP contribution in [-0.4, -0.2) is 9.38 Å². The van der Waals surface area contributed by atoms with Crippen LogP contribution in [-0.2, 0) is 0 Å². The van der Waals surface area contributed by atoms with Crippen LogP contribution in [0.4, 0.5) is 0 Å². The Bertz CT molecular complexity index is 658. The molecule has 2 aromatic heterocycles. The lowest BCUT2D eigenvalue weighted by Crippen LogP contribution is -1.85. The molecular weight excluding hydrogens is 320 g/mol. The second kappa shape index (κ2) is 3.32. The Labute approximate surface area is 103 Å². The molecule has 4 heteroatoms. The number of aromatic nitrogens is 2. The first-order valence-corrected chi connectivity index (χ1v) is 6.05. The van der Waals surface area contributed by atoms with Crippen molar-refractivity contribution in [3.63, 3.8) is 0 Å². The third-order valence-corrected chi connectivity index (χ3v) is 3.24. The minimum absolute atomic E-state index is 0.859. The van der Waals surface area contributed by atoms with Gasteiger partial charge in [0, 0.05) is 10.7 Å². The average molecular weight is 326 g/mol. The van der Waals surface area contributed by atoms with Gasteiger partial charge in [-0.3, -0.25) is 4.40 Å². The van der Waals surface area contributed by atoms with Crippen LogP contribution in [0.2, 0.25) is 0 Å². The molecular formula is C11H6Br2N2. The number of hydrogen-bond acceptors (Lipinski definition) is 1. The van der Waals surface area contributed by atoms with Crippen molar-refractivity contribution in [2.45, 2.75) is 0 Å². The van der Waals surface area contributed by atoms with E-state index in [2.05, 4.69) is 59.4 Å². The molecule has 1 aromatic carbocycles. The summed E-state index contributed by atoms with van der Waals surface area (Å²) in [7, 11) is 0. The summed E-state index contributed by atoms with van der Waals surface area (Å²) in [6, 6.07) is 10.3. The van der Waals surface area contributed by atoms with E-state index in [9.17, 15) is 0 Å². The Morgan fingerprint density at radius 3 is 2.80 bits per heavy atom. The molecule has 3 rings (SSSR count). The number of imidazole rings is 1. The van der Waals surface area contributed by atoms with E-state index >= 15 is 0 Å². The molecule has 2 heterocycles. The van der Waals surface area contributed by atoms with Gasteiger partial charge < -0.3 is 0 Å². The summed E-state index contributed by atoms with van der Waals surface area (Å²) < 4.78 is 4.03. The molecule has 2 nitrogen and oxygen atoms in total. The van der Waals surface area contributed by atoms with E-state index in [0.717, 1.165) is 20.2 Å². The van der Waals surface area contributed by atoms with E-state index in [1.807, 2.05) is 18.3 Å². The maximum atomic E-state index is 4.35. The van der Waals surface area contributed by atoms with Crippen molar-refractivity contribution < 1.29 is 0 Å². The Balaban J connectivity index is 2.53. The van der Waals surface area contributed by atoms with Gasteiger partial charge in [0.2, 0.25) is 0 Å². The molecule has 74 valence electrons. The fourth-order valence-electron chi connectivity index (χ4n) is 1.72. The number of pyridine rings is 1. The first kappa shape index (κ1) is 9.36. The van der Waals surface area contributed by atoms with Crippen molar-refractivity contribution in [2.75, 3.05) is 0 Å². The van der Waals surface area contributed by atoms with Crippen LogP contribution in [0.25, 0.3) is 16.6 Å². The van der Waals surface area contributed by atoms with Crippen LogP contribution in [0.15, 0.2) is 45.6 Å². The molecule has 0 bridgehead atoms. The van der Waals surface area contributed by atoms with Gasteiger partial charge in [0.05, 0.1) is 5.52 Å². The highest BCUT2D eigenvalue weighted by Crippen LogP contribution is 2.22. The molecule has 0 aliphatic rings. The molecule has 0 saturated carbocycles. The number of fused-ring (bicyclic) bond motifs is 3. The van der Waals surface area contributed by atoms with Crippen molar-refractivity contribution in [3.8, 4) is 0 Å². The highest BCUT2D eigenvalue weighted by Gasteiger charge is 2.02. The second-order valence-electron chi connectivity index (χ2n) is 3.33. The van der Waals surface area contributed by atoms with Gasteiger partial charge >= 0.3 is 0 Å². The quantitative estimate of drug-likeness (QED) is 0.610. The number of halogens is 2. The van der Waals surface area contributed by atoms with E-state index in [-0.39, 0.29) is 0 Å². The van der Waals surface area contributed by atoms with Crippen LogP contribution in [0.1, 0.15) is 0 Å². The normalized spacial score (nSPS) is 11.3. The molecule has 0 aliphatic heterocycles. The van der Waals surface area contributed by atoms with Gasteiger partial charge in [0.15, 0.2) is 0 Å². The topological polar surface area (TPSA) is 17.3 Å². The van der Waals surface area contributed by atoms with Crippen molar-refractivity contribution in [3.05, 3.63) is 45.6 Å². The lowest BCUT2D eigenvalue weighted by molar-refractivity contribution is 1.26. The number of benzene rings is 1. The molecule has 0 aliphatic carbocycles. The second-order valence-corrected chi connectivity index (χ2v) is 5.06. The minimum Gasteiger partial charge on any atom is -0.298 e. The van der Waals surface area contributed by atoms with Crippen LogP contribution >= 0.6 is 31.9 Å². The van der Waals surface area contributed by atoms with E-state index in [0.29, 0.717) is 0 Å². The summed E-state index contributed by atoms with van der Waals surface area (Å²) in [6.45, 7) is 0. The zero-order valence-electron chi connectivity index (χ0n) is 7.61. The Kier molecular flexibility index (Phi) is 2.07. The van der Waals surface area contributed by atoms with Crippen LogP contribution in [0.5, 0.6) is 0 Å². The maximum absolute atomic E-state index is 4.35. The van der Waals surface area contributed by atoms with Crippen molar-refractivity contribution in [1.82, 2.24) is 9.38 Å². The maximum Gasteiger partial charge on any atom is 0.138 e. The SMILES string of the molecule is Brc1ccc2c(ccc3nc(Br)cn32)c1. The zero-order valence-corrected chi connectivity index (χ0v) is 10.8. The Hall–Kier alpha value is -0.870. The predicted octanol–water partition coefficient (Wildman–Crippen LogP) is 4.01. The Morgan fingerprint density at radius 2 is 1.93 bits per heavy atom. The molecule has 0 atom stereocenters. The van der Waals surface area contributed by atoms with Gasteiger partial charge in [-0.1, -0.05) is 15.9 Å². The van der Waals surface area contributed by atoms with Crippen molar-refractivity contribution >= 4 is 48.4 Å². The third-order valence-electron chi connectivity index (χ3n) is 2.36. The average Bonchev–Trinajstić information content (AvgIpc) is 2.58. The third kappa shape index (κ3) is 1.48. The minimum atomic E-state index is 0.859. The lowest BCUT2D eigenvalue weighted by atomic mass is 10.2. The fraction of sp³-hybridized carbons (Fsp3) is 0. The molecule has 3 aromatic rings. The highest BCUT2D eigenvalue weighted by atomic mass is 79.9. The predicted molar refractivity (Wildman–Crippen MR) is 68.1 cm³/mol. The molecule has 0 fully saturated rings. The van der Waals surface area contributed by atoms with Crippen LogP contribution in [0.3, 0.4) is 0 Å². The van der Waals surface area contributed by atoms with Crippen molar-refractivity contribution in [1.29, 1.82) is 0 Å². The summed E-state index contributed by atoms with van der Waals surface area (Å²) in [6.07, 6.45) is 1.98. The summed E-state index contributed by atoms with van der Waals surface area (Å²) >= 11 is 6.85. The van der Waals surface area contributed by atoms with Gasteiger partial charge in [-0.2, -0.15) is 0 Å². The lowest BCUT2D eigenvalue weighted by Gasteiger charge is -2.01. The number of nitrogens with zero attached hydrogens (tertiary/aromatic N) is 2. The molecule has 0 N–H and O–H groups in total. The van der Waals surface area contributed by atoms with Gasteiger partial charge in [-0.25, -0.2) is 4.98 Å². The smallest absolute Gasteiger partial charge is 0.138 e. The number of rotatable bonds is 0. The van der Waals surface area contributed by atoms with Gasteiger partial charge in [0.1, 0.15) is 10.3 Å². The van der Waals surface area contributed by atoms with E-state index in [1.54, 1.807) is 0 Å². The molecule has 0 saturated heterocycles. The molecule has 0 spiro atoms. The van der Waals surface area contributed by atoms with Crippen molar-refractivity contribution in [2.24, 2.45) is 0 Å². The van der Waals surface area contributed by atoms with Gasteiger partial charge in [0.25, 0.3) is 0 Å². The van der Waals surface area contributed by atoms with Gasteiger partial charge in [-0.15, -0.1) is 0 Å². The largest absolute Gasteiger partial charge is 0.298 e. The molecule has 15 heavy (non-hydrogen) atoms. The van der Waals surface area contributed by atoms with Crippen LogP contribution in [0, 0.1) is 0 Å². The Morgan fingerprint density at radius 1 is 1.07 bits per heavy atom. The van der Waals surface area contributed by atoms with Crippen LogP contribution < -0.4 is 0 Å². The molecule has 0 unspecified atom stereocenters. The monoisotopic (exact) mass is 324 g/mol. The van der Waals surface area contributed by atoms with E-state index in [4.69, 9.17) is 0 Å². The zero-order chi connectivity index (χ0) is 10.4. The standard InChI is InChI=1S/C11H6Br2N2/c12-8-2-3-9-7(5-8)1-4-11-14-10(13)6-15(9)11/h1-6H. The summed E-state index contributed by atoms with van der Waals surface area (Å²) in [5.41, 5.74) is 2.12. The first-order chi connectivity index (χ1) is 7.24. The first-order valence-electron chi connectivity index (χ1n) is 4.47. The summed E-state index contributed by atoms with van der Waals surface area (Å²) in [5.74, 6) is 0. The van der Waals surface area contributed by atoms with Gasteiger partial charge in [-0.05, 0) is 51.6 Å². The van der Waals surface area contributed by atoms with E-state index < -0.39 is 0 Å².